The van der Waals surface area contributed by atoms with E-state index >= 15 is 0 Å². The van der Waals surface area contributed by atoms with Crippen molar-refractivity contribution in [3.05, 3.63) is 57.6 Å². The predicted octanol–water partition coefficient (Wildman–Crippen LogP) is 7.64. The van der Waals surface area contributed by atoms with Crippen molar-refractivity contribution >= 4 is 21.5 Å². The Morgan fingerprint density at radius 3 is 1.75 bits per heavy atom. The predicted molar refractivity (Wildman–Crippen MR) is 131 cm³/mol. The van der Waals surface area contributed by atoms with E-state index in [2.05, 4.69) is 57.2 Å². The Morgan fingerprint density at radius 1 is 0.594 bits per heavy atom. The largest absolute Gasteiger partial charge is 0.192 e. The van der Waals surface area contributed by atoms with E-state index in [1.54, 1.807) is 0 Å². The first-order valence-corrected chi connectivity index (χ1v) is 11.9. The van der Waals surface area contributed by atoms with Crippen LogP contribution in [0.3, 0.4) is 0 Å². The minimum absolute atomic E-state index is 0.227. The lowest BCUT2D eigenvalue weighted by Crippen LogP contribution is -2.04. The highest BCUT2D eigenvalue weighted by Crippen LogP contribution is 2.39. The van der Waals surface area contributed by atoms with Crippen LogP contribution in [0.4, 0.5) is 0 Å². The Bertz CT molecular complexity index is 1260. The van der Waals surface area contributed by atoms with Gasteiger partial charge in [-0.15, -0.1) is 0 Å². The molecule has 0 atom stereocenters. The highest BCUT2D eigenvalue weighted by Gasteiger charge is 2.22. The molecule has 0 saturated carbocycles. The monoisotopic (exact) mass is 421 g/mol. The van der Waals surface area contributed by atoms with Gasteiger partial charge in [-0.2, -0.15) is 15.8 Å². The van der Waals surface area contributed by atoms with Crippen LogP contribution in [-0.4, -0.2) is 0 Å². The maximum Gasteiger partial charge on any atom is 0.102 e. The number of nitrogens with zero attached hydrogens (tertiary/aromatic N) is 3. The number of fused-ring (bicyclic) bond motifs is 3. The summed E-state index contributed by atoms with van der Waals surface area (Å²) < 4.78 is 0. The van der Waals surface area contributed by atoms with Crippen molar-refractivity contribution in [2.45, 2.75) is 78.6 Å². The van der Waals surface area contributed by atoms with E-state index in [4.69, 9.17) is 0 Å². The van der Waals surface area contributed by atoms with Gasteiger partial charge in [0.05, 0.1) is 16.7 Å². The fourth-order valence-electron chi connectivity index (χ4n) is 4.79. The minimum Gasteiger partial charge on any atom is -0.192 e. The summed E-state index contributed by atoms with van der Waals surface area (Å²) in [5, 5.41) is 34.0. The van der Waals surface area contributed by atoms with Crippen LogP contribution in [0.25, 0.3) is 21.5 Å². The Kier molecular flexibility index (Phi) is 7.87. The van der Waals surface area contributed by atoms with Crippen LogP contribution >= 0.6 is 0 Å². The van der Waals surface area contributed by atoms with Crippen LogP contribution < -0.4 is 0 Å². The first kappa shape index (κ1) is 23.3. The lowest BCUT2D eigenvalue weighted by Gasteiger charge is -2.19. The summed E-state index contributed by atoms with van der Waals surface area (Å²) in [6.07, 6.45) is 9.21. The maximum atomic E-state index is 10.1. The van der Waals surface area contributed by atoms with Crippen molar-refractivity contribution in [3.63, 3.8) is 0 Å². The fraction of sp³-hybridized carbons (Fsp3) is 0.414. The van der Waals surface area contributed by atoms with E-state index in [0.29, 0.717) is 11.1 Å². The van der Waals surface area contributed by atoms with Crippen LogP contribution in [0, 0.1) is 34.0 Å². The molecule has 3 aromatic carbocycles. The molecular formula is C29H31N3. The third-order valence-corrected chi connectivity index (χ3v) is 6.46. The van der Waals surface area contributed by atoms with Gasteiger partial charge in [-0.05, 0) is 71.4 Å². The van der Waals surface area contributed by atoms with Crippen LogP contribution in [-0.2, 0) is 19.3 Å². The topological polar surface area (TPSA) is 71.4 Å². The van der Waals surface area contributed by atoms with Gasteiger partial charge < -0.3 is 0 Å². The average Bonchev–Trinajstić information content (AvgIpc) is 2.83. The van der Waals surface area contributed by atoms with E-state index in [9.17, 15) is 15.8 Å². The van der Waals surface area contributed by atoms with E-state index < -0.39 is 0 Å². The van der Waals surface area contributed by atoms with Gasteiger partial charge in [0.2, 0.25) is 0 Å². The number of nitriles is 3. The zero-order valence-electron chi connectivity index (χ0n) is 19.5. The summed E-state index contributed by atoms with van der Waals surface area (Å²) in [7, 11) is 0. The van der Waals surface area contributed by atoms with Gasteiger partial charge in [0.1, 0.15) is 18.2 Å². The van der Waals surface area contributed by atoms with Gasteiger partial charge in [0.25, 0.3) is 0 Å². The average molecular weight is 422 g/mol. The molecule has 162 valence electrons. The molecule has 0 aliphatic carbocycles. The first-order chi connectivity index (χ1) is 15.7. The molecule has 32 heavy (non-hydrogen) atoms. The summed E-state index contributed by atoms with van der Waals surface area (Å²) in [4.78, 5) is 0. The number of unbranched alkanes of at least 4 members (excludes halogenated alkanes) is 3. The zero-order chi connectivity index (χ0) is 23.1. The second-order valence-corrected chi connectivity index (χ2v) is 8.54. The second-order valence-electron chi connectivity index (χ2n) is 8.54. The van der Waals surface area contributed by atoms with Crippen LogP contribution in [0.15, 0.2) is 24.3 Å². The quantitative estimate of drug-likeness (QED) is 0.333. The molecular weight excluding hydrogens is 390 g/mol. The highest BCUT2D eigenvalue weighted by molar-refractivity contribution is 6.14. The molecule has 3 nitrogen and oxygen atoms in total. The summed E-state index contributed by atoms with van der Waals surface area (Å²) >= 11 is 0. The molecule has 3 heteroatoms. The van der Waals surface area contributed by atoms with E-state index in [1.165, 1.54) is 16.5 Å². The molecule has 0 radical (unpaired) electrons. The fourth-order valence-corrected chi connectivity index (χ4v) is 4.79. The Hall–Kier alpha value is -3.35. The first-order valence-electron chi connectivity index (χ1n) is 11.9. The molecule has 0 aliphatic rings. The maximum absolute atomic E-state index is 10.1. The SMILES string of the molecule is CCCCc1ccc2ccc3c(C#N)c(C#N)c(C#N)c(CCCC)c3c2c1CCCC. The summed E-state index contributed by atoms with van der Waals surface area (Å²) in [6, 6.07) is 15.2. The molecule has 0 unspecified atom stereocenters. The lowest BCUT2D eigenvalue weighted by molar-refractivity contribution is 0.762. The molecule has 0 bridgehead atoms. The van der Waals surface area contributed by atoms with E-state index in [-0.39, 0.29) is 5.56 Å². The van der Waals surface area contributed by atoms with Gasteiger partial charge in [-0.3, -0.25) is 0 Å². The van der Waals surface area contributed by atoms with Crippen molar-refractivity contribution in [1.82, 2.24) is 0 Å². The third-order valence-electron chi connectivity index (χ3n) is 6.46. The molecule has 0 N–H and O–H groups in total. The molecule has 0 aromatic heterocycles. The van der Waals surface area contributed by atoms with Gasteiger partial charge in [-0.1, -0.05) is 64.3 Å². The van der Waals surface area contributed by atoms with E-state index in [0.717, 1.165) is 79.5 Å². The standard InChI is InChI=1S/C29H31N3/c1-4-7-10-20-13-14-21-15-16-24-26(18-31)27(19-32)25(17-30)23(12-9-6-3)29(24)28(21)22(20)11-8-5-2/h13-16H,4-12H2,1-3H3. The molecule has 0 saturated heterocycles. The summed E-state index contributed by atoms with van der Waals surface area (Å²) in [6.45, 7) is 6.56. The van der Waals surface area contributed by atoms with Crippen molar-refractivity contribution in [1.29, 1.82) is 15.8 Å². The normalized spacial score (nSPS) is 10.8. The van der Waals surface area contributed by atoms with Gasteiger partial charge in [0.15, 0.2) is 0 Å². The third kappa shape index (κ3) is 4.20. The Labute approximate surface area is 191 Å². The number of hydrogen-bond donors (Lipinski definition) is 0. The molecule has 0 spiro atoms. The Balaban J connectivity index is 2.57. The van der Waals surface area contributed by atoms with Gasteiger partial charge in [0, 0.05) is 5.39 Å². The number of rotatable bonds is 9. The van der Waals surface area contributed by atoms with Crippen LogP contribution in [0.2, 0.25) is 0 Å². The van der Waals surface area contributed by atoms with Crippen LogP contribution in [0.5, 0.6) is 0 Å². The summed E-state index contributed by atoms with van der Waals surface area (Å²) in [5.41, 5.74) is 4.63. The van der Waals surface area contributed by atoms with Crippen LogP contribution in [0.1, 0.15) is 92.7 Å². The number of benzene rings is 3. The molecule has 0 fully saturated rings. The summed E-state index contributed by atoms with van der Waals surface area (Å²) in [5.74, 6) is 0. The van der Waals surface area contributed by atoms with E-state index in [1.807, 2.05) is 6.07 Å². The van der Waals surface area contributed by atoms with Crippen molar-refractivity contribution in [3.8, 4) is 18.2 Å². The molecule has 0 amide bonds. The zero-order valence-corrected chi connectivity index (χ0v) is 19.5. The molecule has 0 heterocycles. The second kappa shape index (κ2) is 10.8. The van der Waals surface area contributed by atoms with Crippen molar-refractivity contribution < 1.29 is 0 Å². The lowest BCUT2D eigenvalue weighted by atomic mass is 9.82. The number of hydrogen-bond acceptors (Lipinski definition) is 3. The minimum atomic E-state index is 0.227. The Morgan fingerprint density at radius 2 is 1.16 bits per heavy atom. The smallest absolute Gasteiger partial charge is 0.102 e. The highest BCUT2D eigenvalue weighted by atomic mass is 14.3. The van der Waals surface area contributed by atoms with Crippen molar-refractivity contribution in [2.75, 3.05) is 0 Å². The van der Waals surface area contributed by atoms with Gasteiger partial charge >= 0.3 is 0 Å². The van der Waals surface area contributed by atoms with Gasteiger partial charge in [-0.25, -0.2) is 0 Å². The molecule has 0 aliphatic heterocycles. The van der Waals surface area contributed by atoms with Crippen molar-refractivity contribution in [2.24, 2.45) is 0 Å². The number of aryl methyl sites for hydroxylation is 3. The molecule has 3 rings (SSSR count). The molecule has 3 aromatic rings.